The van der Waals surface area contributed by atoms with E-state index < -0.39 is 11.9 Å². The first kappa shape index (κ1) is 23.8. The maximum Gasteiger partial charge on any atom is 0.435 e. The van der Waals surface area contributed by atoms with Crippen LogP contribution in [0.2, 0.25) is 0 Å². The number of piperazine rings is 1. The maximum absolute atomic E-state index is 13.1. The van der Waals surface area contributed by atoms with Crippen LogP contribution in [0, 0.1) is 5.41 Å². The number of hydrogen-bond acceptors (Lipinski definition) is 5. The zero-order chi connectivity index (χ0) is 24.8. The lowest BCUT2D eigenvalue weighted by atomic mass is 9.60. The first-order valence-corrected chi connectivity index (χ1v) is 12.1. The van der Waals surface area contributed by atoms with Crippen molar-refractivity contribution in [3.05, 3.63) is 53.7 Å². The molecule has 1 spiro atoms. The zero-order valence-electron chi connectivity index (χ0n) is 20.0. The molecule has 7 nitrogen and oxygen atoms in total. The van der Waals surface area contributed by atoms with Crippen LogP contribution in [0.25, 0.3) is 0 Å². The molecular weight excluding hydrogens is 457 g/mol. The monoisotopic (exact) mass is 488 g/mol. The smallest absolute Gasteiger partial charge is 0.351 e. The highest BCUT2D eigenvalue weighted by Gasteiger charge is 2.52. The summed E-state index contributed by atoms with van der Waals surface area (Å²) < 4.78 is 38.3. The Morgan fingerprint density at radius 1 is 1.03 bits per heavy atom. The van der Waals surface area contributed by atoms with Gasteiger partial charge in [0.25, 0.3) is 0 Å². The van der Waals surface area contributed by atoms with Crippen LogP contribution >= 0.6 is 0 Å². The summed E-state index contributed by atoms with van der Waals surface area (Å²) in [6, 6.07) is 12.7. The number of urea groups is 1. The molecule has 2 amide bonds. The summed E-state index contributed by atoms with van der Waals surface area (Å²) in [4.78, 5) is 19.3. The van der Waals surface area contributed by atoms with Gasteiger partial charge >= 0.3 is 12.2 Å². The van der Waals surface area contributed by atoms with E-state index in [1.54, 1.807) is 0 Å². The Bertz CT molecular complexity index is 1020. The molecule has 3 heterocycles. The number of amides is 2. The van der Waals surface area contributed by atoms with Gasteiger partial charge in [0, 0.05) is 50.8 Å². The molecule has 0 radical (unpaired) electrons. The number of anilines is 1. The number of hydrogen-bond donors (Lipinski definition) is 1. The first-order valence-electron chi connectivity index (χ1n) is 12.1. The molecule has 3 aliphatic rings. The highest BCUT2D eigenvalue weighted by molar-refractivity contribution is 5.76. The van der Waals surface area contributed by atoms with Crippen molar-refractivity contribution in [2.45, 2.75) is 57.5 Å². The van der Waals surface area contributed by atoms with Gasteiger partial charge in [-0.2, -0.15) is 13.2 Å². The van der Waals surface area contributed by atoms with Crippen molar-refractivity contribution in [3.63, 3.8) is 0 Å². The molecule has 1 saturated carbocycles. The highest BCUT2D eigenvalue weighted by atomic mass is 19.4. The van der Waals surface area contributed by atoms with Crippen LogP contribution < -0.4 is 10.2 Å². The molecule has 1 aliphatic carbocycles. The number of aromatic nitrogens is 2. The number of alkyl halides is 3. The van der Waals surface area contributed by atoms with Crippen LogP contribution in [-0.2, 0) is 12.7 Å². The van der Waals surface area contributed by atoms with Crippen LogP contribution in [0.5, 0.6) is 0 Å². The predicted octanol–water partition coefficient (Wildman–Crippen LogP) is 3.77. The molecule has 3 fully saturated rings. The third-order valence-corrected chi connectivity index (χ3v) is 7.47. The topological polar surface area (TPSA) is 64.6 Å². The average molecular weight is 489 g/mol. The van der Waals surface area contributed by atoms with Crippen molar-refractivity contribution < 1.29 is 18.0 Å². The van der Waals surface area contributed by atoms with Gasteiger partial charge in [-0.15, -0.1) is 10.2 Å². The van der Waals surface area contributed by atoms with Gasteiger partial charge in [0.2, 0.25) is 0 Å². The molecule has 2 aromatic rings. The fraction of sp³-hybridized carbons (Fsp3) is 0.560. The number of rotatable bonds is 4. The molecule has 10 heteroatoms. The molecule has 2 saturated heterocycles. The Morgan fingerprint density at radius 3 is 2.26 bits per heavy atom. The van der Waals surface area contributed by atoms with Gasteiger partial charge in [-0.25, -0.2) is 4.79 Å². The Morgan fingerprint density at radius 2 is 1.69 bits per heavy atom. The average Bonchev–Trinajstić information content (AvgIpc) is 2.76. The lowest BCUT2D eigenvalue weighted by molar-refractivity contribution is -0.141. The molecule has 1 aromatic heterocycles. The fourth-order valence-electron chi connectivity index (χ4n) is 6.01. The molecule has 35 heavy (non-hydrogen) atoms. The third-order valence-electron chi connectivity index (χ3n) is 7.47. The van der Waals surface area contributed by atoms with Crippen LogP contribution in [0.1, 0.15) is 37.9 Å². The summed E-state index contributed by atoms with van der Waals surface area (Å²) in [6.45, 7) is 8.01. The summed E-state index contributed by atoms with van der Waals surface area (Å²) in [6.07, 6.45) is -2.50. The number of carbonyl (C=O) groups is 1. The molecule has 188 valence electrons. The normalized spacial score (nSPS) is 24.7. The Labute approximate surface area is 203 Å². The van der Waals surface area contributed by atoms with E-state index in [1.165, 1.54) is 11.6 Å². The van der Waals surface area contributed by atoms with Crippen LogP contribution in [0.4, 0.5) is 23.8 Å². The van der Waals surface area contributed by atoms with Gasteiger partial charge < -0.3 is 15.1 Å². The minimum atomic E-state index is -4.51. The molecule has 1 aromatic carbocycles. The van der Waals surface area contributed by atoms with Crippen molar-refractivity contribution >= 4 is 11.8 Å². The van der Waals surface area contributed by atoms with Crippen molar-refractivity contribution in [1.29, 1.82) is 0 Å². The lowest BCUT2D eigenvalue weighted by Crippen LogP contribution is -2.68. The second-order valence-electron chi connectivity index (χ2n) is 10.5. The van der Waals surface area contributed by atoms with E-state index in [0.29, 0.717) is 24.3 Å². The SMILES string of the molecule is C[C@@H]1CN(c2ccc(C(F)(F)F)nn2)C[C@@H](C)N1C(=O)NC1CC2(C1)CN(Cc1ccccc1)C2. The molecule has 5 rings (SSSR count). The lowest BCUT2D eigenvalue weighted by Gasteiger charge is -2.59. The Hall–Kier alpha value is -2.88. The van der Waals surface area contributed by atoms with Crippen molar-refractivity contribution in [2.75, 3.05) is 31.1 Å². The minimum Gasteiger partial charge on any atom is -0.351 e. The van der Waals surface area contributed by atoms with Gasteiger partial charge in [-0.3, -0.25) is 4.90 Å². The standard InChI is InChI=1S/C25H31F3N6O/c1-17-12-33(22-9-8-21(30-31-22)25(26,27)28)13-18(2)34(17)23(35)29-20-10-24(11-20)15-32(16-24)14-19-6-4-3-5-7-19/h3-9,17-18,20H,10-16H2,1-2H3,(H,29,35)/t17-,18-/m1/s1. The van der Waals surface area contributed by atoms with Gasteiger partial charge in [-0.1, -0.05) is 30.3 Å². The van der Waals surface area contributed by atoms with E-state index in [4.69, 9.17) is 0 Å². The Balaban J connectivity index is 1.09. The van der Waals surface area contributed by atoms with E-state index in [9.17, 15) is 18.0 Å². The molecule has 2 atom stereocenters. The fourth-order valence-corrected chi connectivity index (χ4v) is 6.01. The van der Waals surface area contributed by atoms with Gasteiger partial charge in [0.1, 0.15) is 0 Å². The number of nitrogens with zero attached hydrogens (tertiary/aromatic N) is 5. The number of benzene rings is 1. The van der Waals surface area contributed by atoms with Crippen LogP contribution in [0.3, 0.4) is 0 Å². The van der Waals surface area contributed by atoms with Crippen LogP contribution in [0.15, 0.2) is 42.5 Å². The third kappa shape index (κ3) is 4.94. The second-order valence-corrected chi connectivity index (χ2v) is 10.5. The van der Waals surface area contributed by atoms with Crippen LogP contribution in [-0.4, -0.2) is 70.3 Å². The van der Waals surface area contributed by atoms with Gasteiger partial charge in [0.15, 0.2) is 11.5 Å². The van der Waals surface area contributed by atoms with Gasteiger partial charge in [-0.05, 0) is 49.8 Å². The summed E-state index contributed by atoms with van der Waals surface area (Å²) in [5, 5.41) is 10.3. The minimum absolute atomic E-state index is 0.0662. The molecular formula is C25H31F3N6O. The van der Waals surface area contributed by atoms with Crippen molar-refractivity contribution in [3.8, 4) is 0 Å². The largest absolute Gasteiger partial charge is 0.435 e. The van der Waals surface area contributed by atoms with Gasteiger partial charge in [0.05, 0.1) is 0 Å². The number of carbonyl (C=O) groups excluding carboxylic acids is 1. The molecule has 2 aliphatic heterocycles. The molecule has 1 N–H and O–H groups in total. The van der Waals surface area contributed by atoms with Crippen molar-refractivity contribution in [1.82, 2.24) is 25.3 Å². The van der Waals surface area contributed by atoms with Crippen molar-refractivity contribution in [2.24, 2.45) is 5.41 Å². The van der Waals surface area contributed by atoms with E-state index >= 15 is 0 Å². The first-order chi connectivity index (χ1) is 16.6. The number of nitrogens with one attached hydrogen (secondary N) is 1. The summed E-state index contributed by atoms with van der Waals surface area (Å²) in [7, 11) is 0. The van der Waals surface area contributed by atoms with E-state index in [0.717, 1.165) is 38.5 Å². The zero-order valence-corrected chi connectivity index (χ0v) is 20.0. The van der Waals surface area contributed by atoms with E-state index in [1.807, 2.05) is 29.7 Å². The summed E-state index contributed by atoms with van der Waals surface area (Å²) in [5.41, 5.74) is 0.661. The second kappa shape index (κ2) is 8.96. The number of likely N-dealkylation sites (tertiary alicyclic amines) is 1. The summed E-state index contributed by atoms with van der Waals surface area (Å²) >= 11 is 0. The Kier molecular flexibility index (Phi) is 6.11. The molecule has 0 unspecified atom stereocenters. The molecule has 0 bridgehead atoms. The summed E-state index contributed by atoms with van der Waals surface area (Å²) in [5.74, 6) is 0.391. The number of halogens is 3. The van der Waals surface area contributed by atoms with E-state index in [2.05, 4.69) is 44.7 Å². The van der Waals surface area contributed by atoms with E-state index in [-0.39, 0.29) is 24.2 Å². The maximum atomic E-state index is 13.1. The highest BCUT2D eigenvalue weighted by Crippen LogP contribution is 2.48. The predicted molar refractivity (Wildman–Crippen MR) is 126 cm³/mol. The quantitative estimate of drug-likeness (QED) is 0.710.